The molecule has 0 aliphatic rings. The van der Waals surface area contributed by atoms with Crippen LogP contribution in [-0.4, -0.2) is 25.4 Å². The Bertz CT molecular complexity index is 1650. The van der Waals surface area contributed by atoms with Crippen molar-refractivity contribution in [3.05, 3.63) is 107 Å². The van der Waals surface area contributed by atoms with Crippen LogP contribution in [0.3, 0.4) is 0 Å². The van der Waals surface area contributed by atoms with Gasteiger partial charge in [-0.1, -0.05) is 29.8 Å². The number of aromatic nitrogens is 4. The Morgan fingerprint density at radius 1 is 0.842 bits per heavy atom. The van der Waals surface area contributed by atoms with Crippen LogP contribution in [-0.2, 0) is 11.3 Å². The van der Waals surface area contributed by atoms with Crippen molar-refractivity contribution >= 4 is 45.6 Å². The van der Waals surface area contributed by atoms with Crippen LogP contribution in [0.2, 0.25) is 0 Å². The Kier molecular flexibility index (Phi) is 7.08. The minimum absolute atomic E-state index is 0.147. The van der Waals surface area contributed by atoms with E-state index in [0.29, 0.717) is 28.4 Å². The third-order valence-electron chi connectivity index (χ3n) is 5.91. The van der Waals surface area contributed by atoms with Crippen LogP contribution in [0, 0.1) is 13.8 Å². The fourth-order valence-electron chi connectivity index (χ4n) is 3.95. The largest absolute Gasteiger partial charge is 0.340 e. The zero-order valence-corrected chi connectivity index (χ0v) is 21.1. The molecule has 0 saturated heterocycles. The molecule has 0 atom stereocenters. The van der Waals surface area contributed by atoms with E-state index in [1.165, 1.54) is 16.5 Å². The molecule has 190 valence electrons. The summed E-state index contributed by atoms with van der Waals surface area (Å²) >= 11 is 0. The standard InChI is InChI=1S/C29H27N7O2/c1-19-7-9-21(10-8-19)32-26-17-20(2)31-29(35-26)34-23-13-11-22(12-14-23)33-27(37)15-16-36-18-30-25-6-4-3-5-24(25)28(36)38/h3-14,17-18H,15-16H2,1-2H3,(H,33,37)(H2,31,32,34,35). The molecular formula is C29H27N7O2. The summed E-state index contributed by atoms with van der Waals surface area (Å²) in [5.74, 6) is 0.957. The van der Waals surface area contributed by atoms with Crippen molar-refractivity contribution in [2.24, 2.45) is 0 Å². The highest BCUT2D eigenvalue weighted by Crippen LogP contribution is 2.21. The van der Waals surface area contributed by atoms with E-state index in [9.17, 15) is 9.59 Å². The van der Waals surface area contributed by atoms with Gasteiger partial charge >= 0.3 is 0 Å². The first-order valence-electron chi connectivity index (χ1n) is 12.2. The maximum Gasteiger partial charge on any atom is 0.261 e. The summed E-state index contributed by atoms with van der Waals surface area (Å²) < 4.78 is 1.46. The maximum absolute atomic E-state index is 12.6. The molecule has 2 heterocycles. The van der Waals surface area contributed by atoms with Crippen molar-refractivity contribution in [2.45, 2.75) is 26.8 Å². The predicted octanol–water partition coefficient (Wildman–Crippen LogP) is 5.32. The van der Waals surface area contributed by atoms with E-state index in [-0.39, 0.29) is 24.4 Å². The van der Waals surface area contributed by atoms with Crippen LogP contribution in [0.25, 0.3) is 10.9 Å². The second-order valence-electron chi connectivity index (χ2n) is 8.97. The number of hydrogen-bond donors (Lipinski definition) is 3. The molecule has 9 nitrogen and oxygen atoms in total. The minimum Gasteiger partial charge on any atom is -0.340 e. The second-order valence-corrected chi connectivity index (χ2v) is 8.97. The number of rotatable bonds is 8. The Labute approximate surface area is 219 Å². The van der Waals surface area contributed by atoms with E-state index in [0.717, 1.165) is 17.1 Å². The van der Waals surface area contributed by atoms with Gasteiger partial charge in [-0.25, -0.2) is 9.97 Å². The van der Waals surface area contributed by atoms with Gasteiger partial charge in [-0.3, -0.25) is 14.2 Å². The number of para-hydroxylation sites is 1. The first-order chi connectivity index (χ1) is 18.4. The molecular weight excluding hydrogens is 478 g/mol. The summed E-state index contributed by atoms with van der Waals surface area (Å²) in [7, 11) is 0. The molecule has 3 aromatic carbocycles. The molecule has 0 aliphatic carbocycles. The molecule has 9 heteroatoms. The number of benzene rings is 3. The Hall–Kier alpha value is -5.05. The molecule has 38 heavy (non-hydrogen) atoms. The fourth-order valence-corrected chi connectivity index (χ4v) is 3.95. The lowest BCUT2D eigenvalue weighted by Gasteiger charge is -2.11. The summed E-state index contributed by atoms with van der Waals surface area (Å²) in [6.45, 7) is 4.20. The van der Waals surface area contributed by atoms with Crippen molar-refractivity contribution in [1.29, 1.82) is 0 Å². The summed E-state index contributed by atoms with van der Waals surface area (Å²) in [6.07, 6.45) is 1.63. The molecule has 0 saturated carbocycles. The monoisotopic (exact) mass is 505 g/mol. The van der Waals surface area contributed by atoms with Crippen molar-refractivity contribution < 1.29 is 4.79 Å². The number of amides is 1. The van der Waals surface area contributed by atoms with Gasteiger partial charge in [0.05, 0.1) is 17.2 Å². The Balaban J connectivity index is 1.18. The third-order valence-corrected chi connectivity index (χ3v) is 5.91. The molecule has 1 amide bonds. The number of carbonyl (C=O) groups excluding carboxylic acids is 1. The highest BCUT2D eigenvalue weighted by atomic mass is 16.2. The number of nitrogens with one attached hydrogen (secondary N) is 3. The summed E-state index contributed by atoms with van der Waals surface area (Å²) in [6, 6.07) is 24.4. The van der Waals surface area contributed by atoms with Crippen LogP contribution < -0.4 is 21.5 Å². The van der Waals surface area contributed by atoms with Crippen LogP contribution in [0.1, 0.15) is 17.7 Å². The molecule has 0 aliphatic heterocycles. The summed E-state index contributed by atoms with van der Waals surface area (Å²) in [5.41, 5.74) is 4.87. The van der Waals surface area contributed by atoms with E-state index in [2.05, 4.69) is 30.9 Å². The Morgan fingerprint density at radius 3 is 2.32 bits per heavy atom. The zero-order valence-electron chi connectivity index (χ0n) is 21.1. The van der Waals surface area contributed by atoms with Gasteiger partial charge < -0.3 is 16.0 Å². The highest BCUT2D eigenvalue weighted by Gasteiger charge is 2.08. The summed E-state index contributed by atoms with van der Waals surface area (Å²) in [4.78, 5) is 38.4. The van der Waals surface area contributed by atoms with Gasteiger partial charge in [0.15, 0.2) is 0 Å². The van der Waals surface area contributed by atoms with Crippen molar-refractivity contribution in [3.63, 3.8) is 0 Å². The number of anilines is 5. The molecule has 3 N–H and O–H groups in total. The lowest BCUT2D eigenvalue weighted by Crippen LogP contribution is -2.23. The van der Waals surface area contributed by atoms with Crippen molar-refractivity contribution in [1.82, 2.24) is 19.5 Å². The van der Waals surface area contributed by atoms with Crippen molar-refractivity contribution in [3.8, 4) is 0 Å². The van der Waals surface area contributed by atoms with Crippen LogP contribution in [0.15, 0.2) is 90.0 Å². The minimum atomic E-state index is -0.195. The summed E-state index contributed by atoms with van der Waals surface area (Å²) in [5, 5.41) is 9.91. The number of fused-ring (bicyclic) bond motifs is 1. The second kappa shape index (κ2) is 10.9. The molecule has 0 unspecified atom stereocenters. The van der Waals surface area contributed by atoms with Gasteiger partial charge in [0.25, 0.3) is 5.56 Å². The van der Waals surface area contributed by atoms with Gasteiger partial charge in [-0.15, -0.1) is 0 Å². The Morgan fingerprint density at radius 2 is 1.53 bits per heavy atom. The number of hydrogen-bond acceptors (Lipinski definition) is 7. The average Bonchev–Trinajstić information content (AvgIpc) is 2.91. The molecule has 5 rings (SSSR count). The van der Waals surface area contributed by atoms with E-state index in [1.54, 1.807) is 30.3 Å². The van der Waals surface area contributed by atoms with Gasteiger partial charge in [-0.05, 0) is 62.4 Å². The molecule has 0 spiro atoms. The lowest BCUT2D eigenvalue weighted by molar-refractivity contribution is -0.116. The number of carbonyl (C=O) groups is 1. The topological polar surface area (TPSA) is 114 Å². The quantitative estimate of drug-likeness (QED) is 0.262. The average molecular weight is 506 g/mol. The molecule has 0 radical (unpaired) electrons. The fraction of sp³-hybridized carbons (Fsp3) is 0.138. The third kappa shape index (κ3) is 6.01. The molecule has 0 bridgehead atoms. The molecule has 0 fully saturated rings. The molecule has 2 aromatic heterocycles. The van der Waals surface area contributed by atoms with Crippen LogP contribution >= 0.6 is 0 Å². The predicted molar refractivity (Wildman–Crippen MR) is 150 cm³/mol. The van der Waals surface area contributed by atoms with Crippen molar-refractivity contribution in [2.75, 3.05) is 16.0 Å². The van der Waals surface area contributed by atoms with E-state index >= 15 is 0 Å². The van der Waals surface area contributed by atoms with Gasteiger partial charge in [-0.2, -0.15) is 4.98 Å². The van der Waals surface area contributed by atoms with Crippen LogP contribution in [0.4, 0.5) is 28.8 Å². The van der Waals surface area contributed by atoms with Gasteiger partial charge in [0, 0.05) is 41.8 Å². The van der Waals surface area contributed by atoms with E-state index in [4.69, 9.17) is 0 Å². The molecule has 5 aromatic rings. The number of aryl methyl sites for hydroxylation is 3. The van der Waals surface area contributed by atoms with Gasteiger partial charge in [0.1, 0.15) is 5.82 Å². The van der Waals surface area contributed by atoms with E-state index < -0.39 is 0 Å². The normalized spacial score (nSPS) is 10.8. The first kappa shape index (κ1) is 24.6. The highest BCUT2D eigenvalue weighted by molar-refractivity contribution is 5.90. The van der Waals surface area contributed by atoms with Gasteiger partial charge in [0.2, 0.25) is 11.9 Å². The zero-order chi connectivity index (χ0) is 26.5. The first-order valence-corrected chi connectivity index (χ1v) is 12.2. The lowest BCUT2D eigenvalue weighted by atomic mass is 10.2. The maximum atomic E-state index is 12.6. The van der Waals surface area contributed by atoms with Crippen LogP contribution in [0.5, 0.6) is 0 Å². The van der Waals surface area contributed by atoms with E-state index in [1.807, 2.05) is 62.4 Å². The smallest absolute Gasteiger partial charge is 0.261 e. The number of nitrogens with zero attached hydrogens (tertiary/aromatic N) is 4. The SMILES string of the molecule is Cc1ccc(Nc2cc(C)nc(Nc3ccc(NC(=O)CCn4cnc5ccccc5c4=O)cc3)n2)cc1.